The maximum atomic E-state index is 2.50. The normalized spacial score (nSPS) is 13.6. The van der Waals surface area contributed by atoms with Crippen molar-refractivity contribution in [3.63, 3.8) is 0 Å². The molecular weight excluding hydrogens is 753 g/mol. The molecule has 10 aromatic rings. The van der Waals surface area contributed by atoms with Gasteiger partial charge in [-0.05, 0) is 144 Å². The van der Waals surface area contributed by atoms with Gasteiger partial charge in [-0.2, -0.15) is 0 Å². The maximum Gasteiger partial charge on any atom is 0.166 e. The Morgan fingerprint density at radius 3 is 0.694 bits per heavy atom. The third-order valence-corrected chi connectivity index (χ3v) is 12.7. The molecule has 62 heavy (non-hydrogen) atoms. The van der Waals surface area contributed by atoms with Crippen molar-refractivity contribution >= 4 is 88.6 Å². The van der Waals surface area contributed by atoms with E-state index in [1.807, 2.05) is 0 Å². The summed E-state index contributed by atoms with van der Waals surface area (Å²) < 4.78 is 0. The summed E-state index contributed by atoms with van der Waals surface area (Å²) in [6.45, 7) is 8.70. The van der Waals surface area contributed by atoms with Crippen molar-refractivity contribution < 1.29 is 0 Å². The van der Waals surface area contributed by atoms with Crippen LogP contribution >= 0.6 is 0 Å². The number of aryl methyl sites for hydroxylation is 4. The zero-order valence-corrected chi connectivity index (χ0v) is 35.3. The van der Waals surface area contributed by atoms with Crippen molar-refractivity contribution in [2.45, 2.75) is 27.7 Å². The highest BCUT2D eigenvalue weighted by molar-refractivity contribution is 6.04. The first-order chi connectivity index (χ1) is 30.3. The number of hydrogen-bond donors (Lipinski definition) is 0. The van der Waals surface area contributed by atoms with Gasteiger partial charge in [0.05, 0.1) is 22.7 Å². The summed E-state index contributed by atoms with van der Waals surface area (Å²) in [7, 11) is 0. The van der Waals surface area contributed by atoms with E-state index >= 15 is 0 Å². The lowest BCUT2D eigenvalue weighted by molar-refractivity contribution is 1.01. The lowest BCUT2D eigenvalue weighted by Gasteiger charge is -2.34. The Morgan fingerprint density at radius 1 is 0.226 bits per heavy atom. The van der Waals surface area contributed by atoms with Crippen LogP contribution in [-0.4, -0.2) is 0 Å². The first-order valence-electron chi connectivity index (χ1n) is 21.5. The van der Waals surface area contributed by atoms with Gasteiger partial charge < -0.3 is 0 Å². The summed E-state index contributed by atoms with van der Waals surface area (Å²) >= 11 is 0. The zero-order chi connectivity index (χ0) is 41.6. The number of nitrogens with zero attached hydrogens (tertiary/aromatic N) is 4. The van der Waals surface area contributed by atoms with Crippen molar-refractivity contribution in [2.75, 3.05) is 19.6 Å². The lowest BCUT2D eigenvalue weighted by atomic mass is 10.1. The van der Waals surface area contributed by atoms with Crippen molar-refractivity contribution in [3.8, 4) is 0 Å². The van der Waals surface area contributed by atoms with Crippen LogP contribution in [0.2, 0.25) is 0 Å². The molecule has 0 bridgehead atoms. The van der Waals surface area contributed by atoms with Crippen LogP contribution in [0.4, 0.5) is 45.5 Å². The minimum Gasteiger partial charge on any atom is -0.291 e. The molecule has 0 unspecified atom stereocenters. The quantitative estimate of drug-likeness (QED) is 0.176. The molecule has 4 nitrogen and oxygen atoms in total. The number of rotatable bonds is 4. The van der Waals surface area contributed by atoms with Gasteiger partial charge in [0.15, 0.2) is 11.6 Å². The molecule has 2 aliphatic rings. The number of para-hydroxylation sites is 4. The molecule has 10 aromatic carbocycles. The topological polar surface area (TPSA) is 13.0 Å². The van der Waals surface area contributed by atoms with Gasteiger partial charge in [-0.3, -0.25) is 19.6 Å². The molecule has 0 spiro atoms. The maximum absolute atomic E-state index is 2.50. The third-order valence-electron chi connectivity index (χ3n) is 12.7. The summed E-state index contributed by atoms with van der Waals surface area (Å²) in [5.74, 6) is 2.07. The lowest BCUT2D eigenvalue weighted by Crippen LogP contribution is -2.33. The molecule has 4 heteroatoms. The van der Waals surface area contributed by atoms with Crippen LogP contribution in [0.25, 0.3) is 43.1 Å². The van der Waals surface area contributed by atoms with E-state index in [4.69, 9.17) is 0 Å². The number of anilines is 8. The molecule has 0 aromatic heterocycles. The van der Waals surface area contributed by atoms with E-state index in [0.29, 0.717) is 0 Å². The Bertz CT molecular complexity index is 3050. The molecule has 0 saturated heterocycles. The standard InChI is InChI=1S/C58H44N4/c1-37-13-17-41-21-25-49(33-45(41)29-37)59-53-9-5-6-10-54(53)60(50-26-22-42-18-14-38(2)30-46(42)34-50)57(59)58-61(51-27-23-43-19-15-39(3)31-47(43)35-51)55-11-7-8-12-56(55)62(58)52-28-24-44-20-16-40(4)32-48(44)36-52/h5-36H,1-4H3. The van der Waals surface area contributed by atoms with Crippen molar-refractivity contribution in [2.24, 2.45) is 0 Å². The van der Waals surface area contributed by atoms with Gasteiger partial charge in [0.2, 0.25) is 0 Å². The largest absolute Gasteiger partial charge is 0.291 e. The van der Waals surface area contributed by atoms with Gasteiger partial charge in [0.1, 0.15) is 0 Å². The molecule has 0 N–H and O–H groups in total. The molecule has 0 aliphatic carbocycles. The van der Waals surface area contributed by atoms with E-state index in [2.05, 4.69) is 241 Å². The SMILES string of the molecule is Cc1ccc2ccc(N3C(=C4N(c5ccc6ccc(C)cc6c5)c5ccccc5N4c4ccc5ccc(C)cc5c4)N(c4ccc5ccc(C)cc5c4)c4ccccc43)cc2c1. The molecule has 0 amide bonds. The van der Waals surface area contributed by atoms with Gasteiger partial charge in [-0.1, -0.05) is 144 Å². The monoisotopic (exact) mass is 796 g/mol. The molecular formula is C58H44N4. The van der Waals surface area contributed by atoms with Crippen LogP contribution in [0.15, 0.2) is 206 Å². The van der Waals surface area contributed by atoms with Crippen LogP contribution in [0.1, 0.15) is 22.3 Å². The molecule has 2 heterocycles. The van der Waals surface area contributed by atoms with Gasteiger partial charge in [-0.15, -0.1) is 0 Å². The van der Waals surface area contributed by atoms with Crippen molar-refractivity contribution in [1.82, 2.24) is 0 Å². The predicted octanol–water partition coefficient (Wildman–Crippen LogP) is 15.9. The second kappa shape index (κ2) is 13.9. The van der Waals surface area contributed by atoms with Crippen LogP contribution < -0.4 is 19.6 Å². The summed E-state index contributed by atoms with van der Waals surface area (Å²) in [5.41, 5.74) is 13.8. The minimum absolute atomic E-state index is 1.04. The molecule has 0 fully saturated rings. The minimum atomic E-state index is 1.04. The van der Waals surface area contributed by atoms with E-state index in [9.17, 15) is 0 Å². The average molecular weight is 797 g/mol. The zero-order valence-electron chi connectivity index (χ0n) is 35.3. The average Bonchev–Trinajstić information content (AvgIpc) is 3.81. The first-order valence-corrected chi connectivity index (χ1v) is 21.5. The summed E-state index contributed by atoms with van der Waals surface area (Å²) in [5, 5.41) is 9.72. The number of fused-ring (bicyclic) bond motifs is 6. The predicted molar refractivity (Wildman–Crippen MR) is 263 cm³/mol. The van der Waals surface area contributed by atoms with Gasteiger partial charge >= 0.3 is 0 Å². The highest BCUT2D eigenvalue weighted by atomic mass is 15.5. The Morgan fingerprint density at radius 2 is 0.452 bits per heavy atom. The Kier molecular flexibility index (Phi) is 8.07. The van der Waals surface area contributed by atoms with E-state index in [1.165, 1.54) is 65.3 Å². The molecule has 296 valence electrons. The van der Waals surface area contributed by atoms with Crippen molar-refractivity contribution in [1.29, 1.82) is 0 Å². The van der Waals surface area contributed by atoms with E-state index in [-0.39, 0.29) is 0 Å². The molecule has 0 radical (unpaired) electrons. The number of hydrogen-bond acceptors (Lipinski definition) is 4. The number of benzene rings is 10. The Balaban J connectivity index is 1.23. The van der Waals surface area contributed by atoms with Crippen LogP contribution in [0.3, 0.4) is 0 Å². The van der Waals surface area contributed by atoms with Gasteiger partial charge in [0, 0.05) is 22.7 Å². The first kappa shape index (κ1) is 36.1. The Labute approximate surface area is 362 Å². The van der Waals surface area contributed by atoms with E-state index in [1.54, 1.807) is 0 Å². The third kappa shape index (κ3) is 5.75. The fourth-order valence-electron chi connectivity index (χ4n) is 9.76. The molecule has 0 saturated carbocycles. The molecule has 0 atom stereocenters. The fourth-order valence-corrected chi connectivity index (χ4v) is 9.76. The van der Waals surface area contributed by atoms with Crippen LogP contribution in [0.5, 0.6) is 0 Å². The summed E-state index contributed by atoms with van der Waals surface area (Å²) in [4.78, 5) is 9.98. The second-order valence-corrected chi connectivity index (χ2v) is 17.1. The van der Waals surface area contributed by atoms with Crippen LogP contribution in [-0.2, 0) is 0 Å². The Hall–Kier alpha value is -7.82. The van der Waals surface area contributed by atoms with Gasteiger partial charge in [-0.25, -0.2) is 0 Å². The molecule has 12 rings (SSSR count). The highest BCUT2D eigenvalue weighted by Crippen LogP contribution is 2.57. The fraction of sp³-hybridized carbons (Fsp3) is 0.0690. The van der Waals surface area contributed by atoms with Crippen LogP contribution in [0, 0.1) is 27.7 Å². The van der Waals surface area contributed by atoms with E-state index in [0.717, 1.165) is 57.1 Å². The van der Waals surface area contributed by atoms with Crippen molar-refractivity contribution in [3.05, 3.63) is 228 Å². The second-order valence-electron chi connectivity index (χ2n) is 17.1. The van der Waals surface area contributed by atoms with E-state index < -0.39 is 0 Å². The smallest absolute Gasteiger partial charge is 0.166 e. The summed E-state index contributed by atoms with van der Waals surface area (Å²) in [6.07, 6.45) is 0. The van der Waals surface area contributed by atoms with Gasteiger partial charge in [0.25, 0.3) is 0 Å². The summed E-state index contributed by atoms with van der Waals surface area (Å²) in [6, 6.07) is 72.4. The highest BCUT2D eigenvalue weighted by Gasteiger charge is 2.44. The molecule has 2 aliphatic heterocycles.